The van der Waals surface area contributed by atoms with Crippen LogP contribution >= 0.6 is 0 Å². The minimum absolute atomic E-state index is 0.00345. The van der Waals surface area contributed by atoms with Crippen molar-refractivity contribution in [2.75, 3.05) is 6.61 Å². The van der Waals surface area contributed by atoms with Crippen molar-refractivity contribution in [2.45, 2.75) is 83.3 Å². The Morgan fingerprint density at radius 3 is 2.53 bits per heavy atom. The summed E-state index contributed by atoms with van der Waals surface area (Å²) in [6, 6.07) is 0.343. The third-order valence-corrected chi connectivity index (χ3v) is 5.33. The van der Waals surface area contributed by atoms with Crippen molar-refractivity contribution >= 4 is 0 Å². The number of hydrazine groups is 1. The van der Waals surface area contributed by atoms with Crippen LogP contribution in [0.25, 0.3) is 0 Å². The van der Waals surface area contributed by atoms with Crippen LogP contribution in [-0.2, 0) is 4.74 Å². The topological polar surface area (TPSA) is 47.3 Å². The van der Waals surface area contributed by atoms with Crippen LogP contribution in [0.3, 0.4) is 0 Å². The number of hydrogen-bond donors (Lipinski definition) is 2. The lowest BCUT2D eigenvalue weighted by Crippen LogP contribution is -2.59. The molecule has 112 valence electrons. The van der Waals surface area contributed by atoms with Gasteiger partial charge in [0.1, 0.15) is 0 Å². The zero-order valence-electron chi connectivity index (χ0n) is 12.8. The van der Waals surface area contributed by atoms with Crippen LogP contribution in [0.1, 0.15) is 71.6 Å². The first-order chi connectivity index (χ1) is 9.22. The van der Waals surface area contributed by atoms with Crippen LogP contribution < -0.4 is 11.3 Å². The average molecular weight is 268 g/mol. The van der Waals surface area contributed by atoms with Gasteiger partial charge in [-0.3, -0.25) is 11.3 Å². The molecule has 0 aliphatic heterocycles. The molecule has 2 aliphatic carbocycles. The van der Waals surface area contributed by atoms with E-state index in [1.807, 2.05) is 0 Å². The van der Waals surface area contributed by atoms with Gasteiger partial charge in [0.05, 0.1) is 11.6 Å². The highest BCUT2D eigenvalue weighted by molar-refractivity contribution is 4.99. The second-order valence-corrected chi connectivity index (χ2v) is 6.73. The van der Waals surface area contributed by atoms with Crippen LogP contribution in [0.2, 0.25) is 0 Å². The SMILES string of the molecule is CCOC1(C(NN)C2CCCC(C)C2)CCCCC1. The van der Waals surface area contributed by atoms with Gasteiger partial charge in [0.15, 0.2) is 0 Å². The average Bonchev–Trinajstić information content (AvgIpc) is 2.41. The molecule has 0 amide bonds. The first-order valence-corrected chi connectivity index (χ1v) is 8.32. The van der Waals surface area contributed by atoms with E-state index in [9.17, 15) is 0 Å². The van der Waals surface area contributed by atoms with Gasteiger partial charge in [0, 0.05) is 6.61 Å². The normalized spacial score (nSPS) is 33.0. The second kappa shape index (κ2) is 7.05. The van der Waals surface area contributed by atoms with Crippen LogP contribution in [0.15, 0.2) is 0 Å². The Morgan fingerprint density at radius 2 is 1.95 bits per heavy atom. The molecule has 19 heavy (non-hydrogen) atoms. The fraction of sp³-hybridized carbons (Fsp3) is 1.00. The van der Waals surface area contributed by atoms with E-state index >= 15 is 0 Å². The van der Waals surface area contributed by atoms with Crippen LogP contribution in [0.4, 0.5) is 0 Å². The highest BCUT2D eigenvalue weighted by atomic mass is 16.5. The van der Waals surface area contributed by atoms with Gasteiger partial charge in [-0.25, -0.2) is 0 Å². The van der Waals surface area contributed by atoms with Crippen LogP contribution in [0, 0.1) is 11.8 Å². The van der Waals surface area contributed by atoms with Crippen molar-refractivity contribution in [3.63, 3.8) is 0 Å². The van der Waals surface area contributed by atoms with E-state index in [2.05, 4.69) is 19.3 Å². The van der Waals surface area contributed by atoms with Gasteiger partial charge >= 0.3 is 0 Å². The van der Waals surface area contributed by atoms with Crippen molar-refractivity contribution < 1.29 is 4.74 Å². The molecule has 0 aromatic carbocycles. The lowest BCUT2D eigenvalue weighted by molar-refractivity contribution is -0.107. The minimum atomic E-state index is 0.00345. The van der Waals surface area contributed by atoms with E-state index < -0.39 is 0 Å². The number of nitrogens with one attached hydrogen (secondary N) is 1. The predicted molar refractivity (Wildman–Crippen MR) is 79.7 cm³/mol. The monoisotopic (exact) mass is 268 g/mol. The fourth-order valence-corrected chi connectivity index (χ4v) is 4.48. The number of hydrogen-bond acceptors (Lipinski definition) is 3. The smallest absolute Gasteiger partial charge is 0.0850 e. The van der Waals surface area contributed by atoms with E-state index in [1.165, 1.54) is 57.8 Å². The molecule has 2 aliphatic rings. The summed E-state index contributed by atoms with van der Waals surface area (Å²) in [6.07, 6.45) is 11.7. The second-order valence-electron chi connectivity index (χ2n) is 6.73. The Bertz CT molecular complexity index is 258. The highest BCUT2D eigenvalue weighted by Gasteiger charge is 2.44. The summed E-state index contributed by atoms with van der Waals surface area (Å²) < 4.78 is 6.27. The summed E-state index contributed by atoms with van der Waals surface area (Å²) in [4.78, 5) is 0. The molecule has 2 saturated carbocycles. The maximum Gasteiger partial charge on any atom is 0.0850 e. The Labute approximate surface area is 118 Å². The van der Waals surface area contributed by atoms with Crippen molar-refractivity contribution in [3.05, 3.63) is 0 Å². The summed E-state index contributed by atoms with van der Waals surface area (Å²) in [5, 5.41) is 0. The summed E-state index contributed by atoms with van der Waals surface area (Å²) in [6.45, 7) is 5.31. The number of nitrogens with two attached hydrogens (primary N) is 1. The van der Waals surface area contributed by atoms with Gasteiger partial charge in [0.25, 0.3) is 0 Å². The quantitative estimate of drug-likeness (QED) is 0.593. The van der Waals surface area contributed by atoms with Gasteiger partial charge in [-0.15, -0.1) is 0 Å². The molecule has 3 N–H and O–H groups in total. The number of ether oxygens (including phenoxy) is 1. The Kier molecular flexibility index (Phi) is 5.67. The summed E-state index contributed by atoms with van der Waals surface area (Å²) in [7, 11) is 0. The molecular weight excluding hydrogens is 236 g/mol. The van der Waals surface area contributed by atoms with Gasteiger partial charge in [-0.2, -0.15) is 0 Å². The molecule has 0 saturated heterocycles. The van der Waals surface area contributed by atoms with Gasteiger partial charge in [0.2, 0.25) is 0 Å². The van der Waals surface area contributed by atoms with Crippen molar-refractivity contribution in [1.29, 1.82) is 0 Å². The van der Waals surface area contributed by atoms with Crippen molar-refractivity contribution in [3.8, 4) is 0 Å². The van der Waals surface area contributed by atoms with E-state index in [0.717, 1.165) is 12.5 Å². The third kappa shape index (κ3) is 3.50. The van der Waals surface area contributed by atoms with E-state index in [-0.39, 0.29) is 5.60 Å². The van der Waals surface area contributed by atoms with Crippen LogP contribution in [0.5, 0.6) is 0 Å². The molecule has 3 unspecified atom stereocenters. The molecule has 0 radical (unpaired) electrons. The minimum Gasteiger partial charge on any atom is -0.374 e. The number of rotatable bonds is 5. The molecule has 0 spiro atoms. The largest absolute Gasteiger partial charge is 0.374 e. The lowest BCUT2D eigenvalue weighted by Gasteiger charge is -2.47. The van der Waals surface area contributed by atoms with E-state index in [4.69, 9.17) is 10.6 Å². The molecule has 3 heteroatoms. The highest BCUT2D eigenvalue weighted by Crippen LogP contribution is 2.41. The van der Waals surface area contributed by atoms with E-state index in [0.29, 0.717) is 12.0 Å². The zero-order valence-corrected chi connectivity index (χ0v) is 12.8. The molecule has 2 fully saturated rings. The molecule has 0 aromatic rings. The summed E-state index contributed by atoms with van der Waals surface area (Å²) in [5.74, 6) is 7.50. The molecule has 3 atom stereocenters. The fourth-order valence-electron chi connectivity index (χ4n) is 4.48. The van der Waals surface area contributed by atoms with Crippen LogP contribution in [-0.4, -0.2) is 18.2 Å². The Morgan fingerprint density at radius 1 is 1.21 bits per heavy atom. The standard InChI is InChI=1S/C16H32N2O/c1-3-19-16(10-5-4-6-11-16)15(18-17)14-9-7-8-13(2)12-14/h13-15,18H,3-12,17H2,1-2H3. The first kappa shape index (κ1) is 15.3. The van der Waals surface area contributed by atoms with Gasteiger partial charge in [-0.05, 0) is 44.4 Å². The first-order valence-electron chi connectivity index (χ1n) is 8.32. The van der Waals surface area contributed by atoms with Gasteiger partial charge < -0.3 is 4.74 Å². The maximum absolute atomic E-state index is 6.27. The van der Waals surface area contributed by atoms with Gasteiger partial charge in [-0.1, -0.05) is 39.0 Å². The zero-order chi connectivity index (χ0) is 13.7. The Balaban J connectivity index is 2.11. The molecule has 0 bridgehead atoms. The van der Waals surface area contributed by atoms with Crippen molar-refractivity contribution in [2.24, 2.45) is 17.7 Å². The Hall–Kier alpha value is -0.120. The van der Waals surface area contributed by atoms with E-state index in [1.54, 1.807) is 0 Å². The predicted octanol–water partition coefficient (Wildman–Crippen LogP) is 3.38. The molecule has 3 nitrogen and oxygen atoms in total. The molecular formula is C16H32N2O. The summed E-state index contributed by atoms with van der Waals surface area (Å²) >= 11 is 0. The molecule has 0 aromatic heterocycles. The van der Waals surface area contributed by atoms with Crippen molar-refractivity contribution in [1.82, 2.24) is 5.43 Å². The summed E-state index contributed by atoms with van der Waals surface area (Å²) in [5.41, 5.74) is 3.17. The lowest BCUT2D eigenvalue weighted by atomic mass is 9.69. The molecule has 0 heterocycles. The maximum atomic E-state index is 6.27. The molecule has 2 rings (SSSR count). The third-order valence-electron chi connectivity index (χ3n) is 5.33.